The molecule has 6 heteroatoms. The van der Waals surface area contributed by atoms with Crippen LogP contribution in [-0.4, -0.2) is 21.2 Å². The zero-order valence-electron chi connectivity index (χ0n) is 13.8. The van der Waals surface area contributed by atoms with E-state index in [-0.39, 0.29) is 11.5 Å². The number of thiazole rings is 1. The lowest BCUT2D eigenvalue weighted by molar-refractivity contribution is 0.174. The Morgan fingerprint density at radius 1 is 1.21 bits per heavy atom. The monoisotopic (exact) mass is 341 g/mol. The minimum atomic E-state index is -1.05. The highest BCUT2D eigenvalue weighted by molar-refractivity contribution is 7.21. The summed E-state index contributed by atoms with van der Waals surface area (Å²) in [6.07, 6.45) is 0.710. The van der Waals surface area contributed by atoms with Gasteiger partial charge in [-0.25, -0.2) is 9.78 Å². The second-order valence-electron chi connectivity index (χ2n) is 6.71. The van der Waals surface area contributed by atoms with Crippen LogP contribution >= 0.6 is 11.3 Å². The van der Waals surface area contributed by atoms with Crippen LogP contribution in [0, 0.1) is 5.41 Å². The number of benzene rings is 1. The molecule has 0 saturated carbocycles. The highest BCUT2D eigenvalue weighted by atomic mass is 32.1. The number of carboxylic acid groups (broad SMARTS) is 1. The number of hydrogen-bond donors (Lipinski definition) is 2. The topological polar surface area (TPSA) is 75.1 Å². The molecule has 1 unspecified atom stereocenters. The molecule has 5 nitrogen and oxygen atoms in total. The van der Waals surface area contributed by atoms with E-state index in [4.69, 9.17) is 5.11 Å². The first-order chi connectivity index (χ1) is 11.3. The molecule has 1 aromatic carbocycles. The second-order valence-corrected chi connectivity index (χ2v) is 7.74. The van der Waals surface area contributed by atoms with Gasteiger partial charge in [-0.3, -0.25) is 4.98 Å². The molecule has 0 bridgehead atoms. The summed E-state index contributed by atoms with van der Waals surface area (Å²) in [6.45, 7) is 5.95. The van der Waals surface area contributed by atoms with Crippen molar-refractivity contribution in [2.45, 2.75) is 26.8 Å². The predicted molar refractivity (Wildman–Crippen MR) is 96.2 cm³/mol. The van der Waals surface area contributed by atoms with E-state index in [1.807, 2.05) is 57.2 Å². The Kier molecular flexibility index (Phi) is 4.24. The van der Waals surface area contributed by atoms with Crippen LogP contribution in [0.2, 0.25) is 0 Å². The quantitative estimate of drug-likeness (QED) is 0.723. The van der Waals surface area contributed by atoms with Crippen molar-refractivity contribution < 1.29 is 9.90 Å². The van der Waals surface area contributed by atoms with Crippen molar-refractivity contribution in [1.29, 1.82) is 0 Å². The summed E-state index contributed by atoms with van der Waals surface area (Å²) in [5, 5.41) is 12.5. The highest BCUT2D eigenvalue weighted by Crippen LogP contribution is 2.34. The lowest BCUT2D eigenvalue weighted by Crippen LogP contribution is -2.36. The third kappa shape index (κ3) is 3.38. The minimum absolute atomic E-state index is 0.275. The van der Waals surface area contributed by atoms with E-state index < -0.39 is 6.09 Å². The van der Waals surface area contributed by atoms with Gasteiger partial charge in [0.05, 0.1) is 22.0 Å². The zero-order chi connectivity index (χ0) is 17.3. The number of carbonyl (C=O) groups is 1. The van der Waals surface area contributed by atoms with E-state index in [1.54, 1.807) is 17.5 Å². The molecule has 0 aliphatic carbocycles. The molecule has 2 N–H and O–H groups in total. The van der Waals surface area contributed by atoms with Crippen LogP contribution in [0.1, 0.15) is 32.5 Å². The lowest BCUT2D eigenvalue weighted by Gasteiger charge is -2.30. The molecule has 3 aromatic rings. The fourth-order valence-corrected chi connectivity index (χ4v) is 3.51. The molecule has 0 radical (unpaired) electrons. The Morgan fingerprint density at radius 2 is 1.96 bits per heavy atom. The van der Waals surface area contributed by atoms with E-state index in [9.17, 15) is 4.79 Å². The molecular formula is C18H19N3O2S. The Balaban J connectivity index is 1.92. The number of amides is 1. The summed E-state index contributed by atoms with van der Waals surface area (Å²) < 4.78 is 1.14. The van der Waals surface area contributed by atoms with Crippen molar-refractivity contribution >= 4 is 27.6 Å². The molecule has 124 valence electrons. The highest BCUT2D eigenvalue weighted by Gasteiger charge is 2.29. The van der Waals surface area contributed by atoms with E-state index in [0.717, 1.165) is 20.8 Å². The number of nitrogens with one attached hydrogen (secondary N) is 1. The smallest absolute Gasteiger partial charge is 0.405 e. The van der Waals surface area contributed by atoms with Crippen molar-refractivity contribution in [3.8, 4) is 10.6 Å². The Labute approximate surface area is 144 Å². The first-order valence-electron chi connectivity index (χ1n) is 7.66. The maximum Gasteiger partial charge on any atom is 0.405 e. The van der Waals surface area contributed by atoms with Gasteiger partial charge in [-0.05, 0) is 29.7 Å². The first kappa shape index (κ1) is 16.4. The van der Waals surface area contributed by atoms with Gasteiger partial charge < -0.3 is 10.4 Å². The summed E-state index contributed by atoms with van der Waals surface area (Å²) in [6, 6.07) is 11.4. The maximum atomic E-state index is 11.1. The van der Waals surface area contributed by atoms with Gasteiger partial charge >= 0.3 is 6.09 Å². The van der Waals surface area contributed by atoms with Crippen molar-refractivity contribution in [2.75, 3.05) is 0 Å². The van der Waals surface area contributed by atoms with Crippen LogP contribution in [0.4, 0.5) is 4.79 Å². The van der Waals surface area contributed by atoms with E-state index in [2.05, 4.69) is 15.3 Å². The van der Waals surface area contributed by atoms with Gasteiger partial charge in [0, 0.05) is 11.8 Å². The molecule has 1 amide bonds. The van der Waals surface area contributed by atoms with Crippen LogP contribution in [0.15, 0.2) is 42.6 Å². The molecule has 0 saturated heterocycles. The fraction of sp³-hybridized carbons (Fsp3) is 0.278. The van der Waals surface area contributed by atoms with Crippen molar-refractivity contribution in [1.82, 2.24) is 15.3 Å². The third-order valence-electron chi connectivity index (χ3n) is 3.76. The predicted octanol–water partition coefficient (Wildman–Crippen LogP) is 4.71. The minimum Gasteiger partial charge on any atom is -0.465 e. The summed E-state index contributed by atoms with van der Waals surface area (Å²) in [7, 11) is 0. The van der Waals surface area contributed by atoms with Crippen molar-refractivity contribution in [3.05, 3.63) is 48.3 Å². The lowest BCUT2D eigenvalue weighted by atomic mass is 9.84. The summed E-state index contributed by atoms with van der Waals surface area (Å²) in [5.74, 6) is 0. The summed E-state index contributed by atoms with van der Waals surface area (Å²) in [4.78, 5) is 20.2. The molecule has 2 heterocycles. The van der Waals surface area contributed by atoms with Crippen LogP contribution in [0.5, 0.6) is 0 Å². The molecule has 3 rings (SSSR count). The largest absolute Gasteiger partial charge is 0.465 e. The molecule has 1 atom stereocenters. The fourth-order valence-electron chi connectivity index (χ4n) is 2.56. The Bertz CT molecular complexity index is 833. The SMILES string of the molecule is CC(C)(C)C(NC(=O)O)c1ccc(-c2nc3ccccc3s2)cn1. The molecule has 0 spiro atoms. The van der Waals surface area contributed by atoms with Crippen LogP contribution in [-0.2, 0) is 0 Å². The Morgan fingerprint density at radius 3 is 2.54 bits per heavy atom. The molecule has 24 heavy (non-hydrogen) atoms. The zero-order valence-corrected chi connectivity index (χ0v) is 14.6. The van der Waals surface area contributed by atoms with Crippen molar-refractivity contribution in [2.24, 2.45) is 5.41 Å². The average Bonchev–Trinajstić information content (AvgIpc) is 2.95. The van der Waals surface area contributed by atoms with Gasteiger partial charge in [0.2, 0.25) is 0 Å². The van der Waals surface area contributed by atoms with Crippen LogP contribution in [0.3, 0.4) is 0 Å². The standard InChI is InChI=1S/C18H19N3O2S/c1-18(2,3)15(21-17(22)23)13-9-8-11(10-19-13)16-20-12-6-4-5-7-14(12)24-16/h4-10,15,21H,1-3H3,(H,22,23). The van der Waals surface area contributed by atoms with Crippen LogP contribution < -0.4 is 5.32 Å². The van der Waals surface area contributed by atoms with E-state index in [1.165, 1.54) is 0 Å². The maximum absolute atomic E-state index is 11.1. The third-order valence-corrected chi connectivity index (χ3v) is 4.84. The second kappa shape index (κ2) is 6.20. The molecule has 0 fully saturated rings. The molecule has 0 aliphatic rings. The summed E-state index contributed by atoms with van der Waals surface area (Å²) in [5.41, 5.74) is 2.34. The number of fused-ring (bicyclic) bond motifs is 1. The Hall–Kier alpha value is -2.47. The summed E-state index contributed by atoms with van der Waals surface area (Å²) >= 11 is 1.62. The van der Waals surface area contributed by atoms with Crippen LogP contribution in [0.25, 0.3) is 20.8 Å². The molecule has 2 aromatic heterocycles. The number of aromatic nitrogens is 2. The van der Waals surface area contributed by atoms with Gasteiger partial charge in [-0.15, -0.1) is 11.3 Å². The number of hydrogen-bond acceptors (Lipinski definition) is 4. The number of rotatable bonds is 3. The number of pyridine rings is 1. The van der Waals surface area contributed by atoms with E-state index in [0.29, 0.717) is 5.69 Å². The van der Waals surface area contributed by atoms with Gasteiger partial charge in [0.15, 0.2) is 0 Å². The molecular weight excluding hydrogens is 322 g/mol. The van der Waals surface area contributed by atoms with Gasteiger partial charge in [0.25, 0.3) is 0 Å². The number of para-hydroxylation sites is 1. The van der Waals surface area contributed by atoms with E-state index >= 15 is 0 Å². The van der Waals surface area contributed by atoms with Crippen molar-refractivity contribution in [3.63, 3.8) is 0 Å². The average molecular weight is 341 g/mol. The number of nitrogens with zero attached hydrogens (tertiary/aromatic N) is 2. The van der Waals surface area contributed by atoms with Gasteiger partial charge in [-0.2, -0.15) is 0 Å². The molecule has 0 aliphatic heterocycles. The van der Waals surface area contributed by atoms with Gasteiger partial charge in [0.1, 0.15) is 5.01 Å². The van der Waals surface area contributed by atoms with Gasteiger partial charge in [-0.1, -0.05) is 32.9 Å². The first-order valence-corrected chi connectivity index (χ1v) is 8.47. The normalized spacial score (nSPS) is 13.0.